The highest BCUT2D eigenvalue weighted by atomic mass is 14.3. The first kappa shape index (κ1) is 28.2. The third-order valence-corrected chi connectivity index (χ3v) is 8.85. The highest BCUT2D eigenvalue weighted by Gasteiger charge is 2.22. The highest BCUT2D eigenvalue weighted by Crippen LogP contribution is 2.45. The SMILES string of the molecule is CCc1cc(-c2c(C)c(C)c(-c3cc(CC)cc(C(C)(C)C)c3)c3cc4ccccc4cc23)cc(C(C)(C)C)c1. The van der Waals surface area contributed by atoms with Gasteiger partial charge in [-0.25, -0.2) is 0 Å². The zero-order chi connectivity index (χ0) is 29.0. The first-order chi connectivity index (χ1) is 18.8. The Morgan fingerprint density at radius 1 is 0.500 bits per heavy atom. The van der Waals surface area contributed by atoms with Crippen LogP contribution in [0, 0.1) is 13.8 Å². The van der Waals surface area contributed by atoms with Gasteiger partial charge in [-0.05, 0) is 127 Å². The van der Waals surface area contributed by atoms with Crippen molar-refractivity contribution in [3.63, 3.8) is 0 Å². The topological polar surface area (TPSA) is 0 Å². The standard InChI is InChI=1S/C40H46/c1-11-27-17-31(21-33(19-27)39(5,6)7)37-25(3)26(4)38(32-18-28(12-2)20-34(22-32)40(8,9)10)36-24-30-16-14-13-15-29(30)23-35(36)37/h13-24H,11-12H2,1-10H3. The number of benzene rings is 5. The summed E-state index contributed by atoms with van der Waals surface area (Å²) in [5.74, 6) is 0. The van der Waals surface area contributed by atoms with Crippen LogP contribution in [0.2, 0.25) is 0 Å². The average Bonchev–Trinajstić information content (AvgIpc) is 2.91. The molecule has 206 valence electrons. The molecule has 5 rings (SSSR count). The van der Waals surface area contributed by atoms with Gasteiger partial charge < -0.3 is 0 Å². The molecular formula is C40H46. The van der Waals surface area contributed by atoms with Crippen LogP contribution in [0.1, 0.15) is 88.8 Å². The van der Waals surface area contributed by atoms with Crippen molar-refractivity contribution in [2.75, 3.05) is 0 Å². The van der Waals surface area contributed by atoms with E-state index in [0.29, 0.717) is 0 Å². The maximum absolute atomic E-state index is 2.45. The number of rotatable bonds is 4. The van der Waals surface area contributed by atoms with E-state index in [2.05, 4.69) is 142 Å². The molecule has 0 heteroatoms. The van der Waals surface area contributed by atoms with E-state index in [1.807, 2.05) is 0 Å². The highest BCUT2D eigenvalue weighted by molar-refractivity contribution is 6.13. The van der Waals surface area contributed by atoms with Crippen molar-refractivity contribution >= 4 is 21.5 Å². The fraction of sp³-hybridized carbons (Fsp3) is 0.350. The Morgan fingerprint density at radius 2 is 0.875 bits per heavy atom. The molecule has 0 saturated carbocycles. The Balaban J connectivity index is 1.94. The minimum absolute atomic E-state index is 0.0925. The molecule has 0 saturated heterocycles. The summed E-state index contributed by atoms with van der Waals surface area (Å²) in [7, 11) is 0. The quantitative estimate of drug-likeness (QED) is 0.204. The molecule has 0 heterocycles. The van der Waals surface area contributed by atoms with Crippen LogP contribution < -0.4 is 0 Å². The second-order valence-corrected chi connectivity index (χ2v) is 13.8. The lowest BCUT2D eigenvalue weighted by atomic mass is 9.79. The van der Waals surface area contributed by atoms with Crippen molar-refractivity contribution in [2.24, 2.45) is 0 Å². The zero-order valence-corrected chi connectivity index (χ0v) is 26.3. The van der Waals surface area contributed by atoms with Crippen molar-refractivity contribution in [3.8, 4) is 22.3 Å². The second kappa shape index (κ2) is 10.2. The minimum Gasteiger partial charge on any atom is -0.0616 e. The lowest BCUT2D eigenvalue weighted by molar-refractivity contribution is 0.589. The Kier molecular flexibility index (Phi) is 7.20. The van der Waals surface area contributed by atoms with Gasteiger partial charge in [-0.15, -0.1) is 0 Å². The Hall–Kier alpha value is -3.38. The largest absolute Gasteiger partial charge is 0.0616 e. The molecule has 0 N–H and O–H groups in total. The maximum Gasteiger partial charge on any atom is -0.00726 e. The smallest absolute Gasteiger partial charge is 0.00726 e. The lowest BCUT2D eigenvalue weighted by Crippen LogP contribution is -2.12. The van der Waals surface area contributed by atoms with Crippen LogP contribution in [0.5, 0.6) is 0 Å². The summed E-state index contributed by atoms with van der Waals surface area (Å²) in [6.45, 7) is 23.2. The van der Waals surface area contributed by atoms with Gasteiger partial charge in [-0.2, -0.15) is 0 Å². The average molecular weight is 527 g/mol. The second-order valence-electron chi connectivity index (χ2n) is 13.8. The van der Waals surface area contributed by atoms with Gasteiger partial charge in [0.05, 0.1) is 0 Å². The third-order valence-electron chi connectivity index (χ3n) is 8.85. The minimum atomic E-state index is 0.0925. The summed E-state index contributed by atoms with van der Waals surface area (Å²) in [6, 6.07) is 28.3. The van der Waals surface area contributed by atoms with Gasteiger partial charge in [0.2, 0.25) is 0 Å². The molecule has 0 aliphatic heterocycles. The van der Waals surface area contributed by atoms with Gasteiger partial charge in [0.15, 0.2) is 0 Å². The van der Waals surface area contributed by atoms with Crippen molar-refractivity contribution in [1.82, 2.24) is 0 Å². The molecule has 5 aromatic carbocycles. The predicted octanol–water partition coefficient (Wildman–Crippen LogP) is 11.7. The normalized spacial score (nSPS) is 12.4. The van der Waals surface area contributed by atoms with E-state index in [4.69, 9.17) is 0 Å². The van der Waals surface area contributed by atoms with Gasteiger partial charge in [0.25, 0.3) is 0 Å². The zero-order valence-electron chi connectivity index (χ0n) is 26.3. The number of aryl methyl sites for hydroxylation is 2. The molecule has 0 radical (unpaired) electrons. The molecule has 0 fully saturated rings. The van der Waals surface area contributed by atoms with E-state index in [0.717, 1.165) is 12.8 Å². The van der Waals surface area contributed by atoms with Crippen LogP contribution in [0.3, 0.4) is 0 Å². The van der Waals surface area contributed by atoms with Gasteiger partial charge in [0.1, 0.15) is 0 Å². The van der Waals surface area contributed by atoms with Crippen LogP contribution in [0.15, 0.2) is 72.8 Å². The molecular weight excluding hydrogens is 480 g/mol. The lowest BCUT2D eigenvalue weighted by Gasteiger charge is -2.25. The Labute approximate surface area is 242 Å². The molecule has 0 bridgehead atoms. The van der Waals surface area contributed by atoms with Crippen molar-refractivity contribution in [2.45, 2.75) is 92.9 Å². The summed E-state index contributed by atoms with van der Waals surface area (Å²) in [5, 5.41) is 5.30. The van der Waals surface area contributed by atoms with E-state index in [9.17, 15) is 0 Å². The van der Waals surface area contributed by atoms with E-state index in [1.165, 1.54) is 77.2 Å². The van der Waals surface area contributed by atoms with Gasteiger partial charge in [-0.3, -0.25) is 0 Å². The Morgan fingerprint density at radius 3 is 1.20 bits per heavy atom. The van der Waals surface area contributed by atoms with Crippen LogP contribution in [-0.4, -0.2) is 0 Å². The molecule has 0 aliphatic carbocycles. The molecule has 5 aromatic rings. The monoisotopic (exact) mass is 526 g/mol. The summed E-state index contributed by atoms with van der Waals surface area (Å²) in [5.41, 5.74) is 14.0. The van der Waals surface area contributed by atoms with Gasteiger partial charge >= 0.3 is 0 Å². The van der Waals surface area contributed by atoms with Crippen molar-refractivity contribution in [3.05, 3.63) is 106 Å². The summed E-state index contributed by atoms with van der Waals surface area (Å²) in [4.78, 5) is 0. The summed E-state index contributed by atoms with van der Waals surface area (Å²) in [6.07, 6.45) is 2.07. The number of hydrogen-bond donors (Lipinski definition) is 0. The molecule has 40 heavy (non-hydrogen) atoms. The van der Waals surface area contributed by atoms with Crippen LogP contribution >= 0.6 is 0 Å². The van der Waals surface area contributed by atoms with E-state index in [-0.39, 0.29) is 10.8 Å². The van der Waals surface area contributed by atoms with Gasteiger partial charge in [-0.1, -0.05) is 116 Å². The van der Waals surface area contributed by atoms with Gasteiger partial charge in [0, 0.05) is 0 Å². The van der Waals surface area contributed by atoms with E-state index >= 15 is 0 Å². The van der Waals surface area contributed by atoms with E-state index < -0.39 is 0 Å². The fourth-order valence-corrected chi connectivity index (χ4v) is 6.12. The first-order valence-corrected chi connectivity index (χ1v) is 15.1. The van der Waals surface area contributed by atoms with Crippen molar-refractivity contribution in [1.29, 1.82) is 0 Å². The van der Waals surface area contributed by atoms with Crippen LogP contribution in [0.25, 0.3) is 43.8 Å². The molecule has 0 spiro atoms. The number of hydrogen-bond acceptors (Lipinski definition) is 0. The third kappa shape index (κ3) is 5.10. The molecule has 0 unspecified atom stereocenters. The fourth-order valence-electron chi connectivity index (χ4n) is 6.12. The maximum atomic E-state index is 2.45. The number of fused-ring (bicyclic) bond motifs is 2. The summed E-state index contributed by atoms with van der Waals surface area (Å²) >= 11 is 0. The van der Waals surface area contributed by atoms with E-state index in [1.54, 1.807) is 0 Å². The molecule has 0 nitrogen and oxygen atoms in total. The summed E-state index contributed by atoms with van der Waals surface area (Å²) < 4.78 is 0. The molecule has 0 aliphatic rings. The van der Waals surface area contributed by atoms with Crippen LogP contribution in [-0.2, 0) is 23.7 Å². The van der Waals surface area contributed by atoms with Crippen LogP contribution in [0.4, 0.5) is 0 Å². The first-order valence-electron chi connectivity index (χ1n) is 15.1. The Bertz CT molecular complexity index is 1600. The van der Waals surface area contributed by atoms with Crippen molar-refractivity contribution < 1.29 is 0 Å². The molecule has 0 aromatic heterocycles. The molecule has 0 amide bonds. The molecule has 0 atom stereocenters. The predicted molar refractivity (Wildman–Crippen MR) is 178 cm³/mol.